The van der Waals surface area contributed by atoms with Gasteiger partial charge in [0.1, 0.15) is 6.61 Å². The van der Waals surface area contributed by atoms with Crippen LogP contribution in [0.25, 0.3) is 0 Å². The fraction of sp³-hybridized carbons (Fsp3) is 0.833. The van der Waals surface area contributed by atoms with Gasteiger partial charge in [-0.05, 0) is 6.42 Å². The van der Waals surface area contributed by atoms with Crippen molar-refractivity contribution in [1.29, 1.82) is 0 Å². The van der Waals surface area contributed by atoms with Crippen LogP contribution in [0.5, 0.6) is 0 Å². The second-order valence-electron chi connectivity index (χ2n) is 1.97. The third kappa shape index (κ3) is 6.01. The van der Waals surface area contributed by atoms with E-state index >= 15 is 0 Å². The molecule has 60 valence electrons. The number of unbranched alkanes of at least 4 members (excludes halogenated alkanes) is 1. The van der Waals surface area contributed by atoms with Gasteiger partial charge in [-0.3, -0.25) is 4.79 Å². The zero-order valence-electron chi connectivity index (χ0n) is 5.93. The Balaban J connectivity index is 3.09. The molecule has 0 saturated heterocycles. The van der Waals surface area contributed by atoms with E-state index < -0.39 is 0 Å². The molecule has 0 aromatic carbocycles. The average molecular weight is 167 g/mol. The summed E-state index contributed by atoms with van der Waals surface area (Å²) in [5.41, 5.74) is 0. The van der Waals surface area contributed by atoms with Gasteiger partial charge < -0.3 is 0 Å². The molecule has 0 aromatic heterocycles. The van der Waals surface area contributed by atoms with Gasteiger partial charge in [0.05, 0.1) is 11.9 Å². The smallest absolute Gasteiger partial charge is 0.161 e. The van der Waals surface area contributed by atoms with Gasteiger partial charge >= 0.3 is 0 Å². The third-order valence-electron chi connectivity index (χ3n) is 1.07. The Kier molecular flexibility index (Phi) is 6.91. The summed E-state index contributed by atoms with van der Waals surface area (Å²) in [5.74, 6) is 0.0162. The first-order chi connectivity index (χ1) is 4.81. The van der Waals surface area contributed by atoms with Gasteiger partial charge in [-0.1, -0.05) is 13.3 Å². The van der Waals surface area contributed by atoms with Crippen molar-refractivity contribution in [3.63, 3.8) is 0 Å². The summed E-state index contributed by atoms with van der Waals surface area (Å²) in [7, 11) is 0. The van der Waals surface area contributed by atoms with Crippen molar-refractivity contribution in [3.05, 3.63) is 0 Å². The Morgan fingerprint density at radius 3 is 2.80 bits per heavy atom. The highest BCUT2D eigenvalue weighted by Crippen LogP contribution is 1.96. The van der Waals surface area contributed by atoms with Gasteiger partial charge in [0.15, 0.2) is 5.78 Å². The number of halogens is 1. The molecule has 0 unspecified atom stereocenters. The van der Waals surface area contributed by atoms with Crippen LogP contribution in [-0.2, 0) is 14.1 Å². The summed E-state index contributed by atoms with van der Waals surface area (Å²) in [6.45, 7) is 1.97. The maximum atomic E-state index is 10.7. The summed E-state index contributed by atoms with van der Waals surface area (Å²) in [6.07, 6.45) is 2.44. The van der Waals surface area contributed by atoms with Gasteiger partial charge in [0.2, 0.25) is 0 Å². The number of hydrogen-bond donors (Lipinski definition) is 0. The molecular formula is C6H11ClO3. The van der Waals surface area contributed by atoms with E-state index in [1.807, 2.05) is 6.92 Å². The predicted octanol–water partition coefficient (Wildman–Crippen LogP) is 1.85. The second kappa shape index (κ2) is 6.99. The minimum atomic E-state index is -0.0521. The number of hydrogen-bond acceptors (Lipinski definition) is 3. The summed E-state index contributed by atoms with van der Waals surface area (Å²) in [4.78, 5) is 14.9. The van der Waals surface area contributed by atoms with Crippen molar-refractivity contribution in [2.45, 2.75) is 26.2 Å². The van der Waals surface area contributed by atoms with Gasteiger partial charge in [0, 0.05) is 6.42 Å². The Labute approximate surface area is 65.4 Å². The molecular weight excluding hydrogens is 156 g/mol. The number of Topliss-reactive ketones (excluding diaryl/α,β-unsaturated/α-hetero) is 1. The van der Waals surface area contributed by atoms with Crippen molar-refractivity contribution in [2.75, 3.05) is 6.61 Å². The quantitative estimate of drug-likeness (QED) is 0.446. The molecule has 0 rings (SSSR count). The van der Waals surface area contributed by atoms with Crippen molar-refractivity contribution >= 4 is 17.6 Å². The van der Waals surface area contributed by atoms with Crippen molar-refractivity contribution < 1.29 is 14.1 Å². The first-order valence-electron chi connectivity index (χ1n) is 3.23. The molecule has 0 radical (unpaired) electrons. The van der Waals surface area contributed by atoms with Gasteiger partial charge in [-0.2, -0.15) is 0 Å². The largest absolute Gasteiger partial charge is 0.297 e. The molecule has 0 aliphatic rings. The molecule has 0 N–H and O–H groups in total. The predicted molar refractivity (Wildman–Crippen MR) is 37.4 cm³/mol. The monoisotopic (exact) mass is 166 g/mol. The van der Waals surface area contributed by atoms with E-state index in [1.165, 1.54) is 0 Å². The fourth-order valence-corrected chi connectivity index (χ4v) is 0.579. The van der Waals surface area contributed by atoms with Crippen LogP contribution < -0.4 is 0 Å². The molecule has 0 heterocycles. The van der Waals surface area contributed by atoms with E-state index in [9.17, 15) is 4.79 Å². The Hall–Kier alpha value is -0.120. The Bertz CT molecular complexity index is 85.0. The van der Waals surface area contributed by atoms with Crippen LogP contribution in [0.4, 0.5) is 0 Å². The van der Waals surface area contributed by atoms with Crippen molar-refractivity contribution in [2.24, 2.45) is 0 Å². The summed E-state index contributed by atoms with van der Waals surface area (Å²) < 4.78 is 3.74. The van der Waals surface area contributed by atoms with Crippen LogP contribution in [0, 0.1) is 0 Å². The first kappa shape index (κ1) is 9.88. The molecule has 3 nitrogen and oxygen atoms in total. The minimum Gasteiger partial charge on any atom is -0.297 e. The maximum Gasteiger partial charge on any atom is 0.161 e. The lowest BCUT2D eigenvalue weighted by molar-refractivity contribution is -0.202. The average Bonchev–Trinajstić information content (AvgIpc) is 1.97. The van der Waals surface area contributed by atoms with Crippen molar-refractivity contribution in [1.82, 2.24) is 0 Å². The molecule has 0 saturated carbocycles. The summed E-state index contributed by atoms with van der Waals surface area (Å²) in [6, 6.07) is 0. The maximum absolute atomic E-state index is 10.7. The Morgan fingerprint density at radius 2 is 2.30 bits per heavy atom. The zero-order valence-corrected chi connectivity index (χ0v) is 6.69. The highest BCUT2D eigenvalue weighted by atomic mass is 35.5. The van der Waals surface area contributed by atoms with Gasteiger partial charge in [-0.15, -0.1) is 4.44 Å². The Morgan fingerprint density at radius 1 is 1.60 bits per heavy atom. The number of rotatable bonds is 6. The molecule has 0 aliphatic heterocycles. The lowest BCUT2D eigenvalue weighted by Gasteiger charge is -1.95. The fourth-order valence-electron chi connectivity index (χ4n) is 0.534. The third-order valence-corrected chi connectivity index (χ3v) is 1.16. The number of carbonyl (C=O) groups is 1. The molecule has 10 heavy (non-hydrogen) atoms. The van der Waals surface area contributed by atoms with E-state index in [1.54, 1.807) is 0 Å². The topological polar surface area (TPSA) is 35.5 Å². The van der Waals surface area contributed by atoms with Crippen LogP contribution >= 0.6 is 11.9 Å². The van der Waals surface area contributed by atoms with E-state index in [4.69, 9.17) is 11.9 Å². The highest BCUT2D eigenvalue weighted by molar-refractivity contribution is 6.06. The molecule has 0 aromatic rings. The molecule has 0 spiro atoms. The SMILES string of the molecule is CCCCC(=O)COOCl. The minimum absolute atomic E-state index is 0.0162. The van der Waals surface area contributed by atoms with E-state index in [-0.39, 0.29) is 12.4 Å². The van der Waals surface area contributed by atoms with Crippen LogP contribution in [0.3, 0.4) is 0 Å². The standard InChI is InChI=1S/C6H11ClO3/c1-2-3-4-6(8)5-9-10-7/h2-5H2,1H3. The normalized spacial score (nSPS) is 9.80. The number of ketones is 1. The second-order valence-corrected chi connectivity index (χ2v) is 2.09. The van der Waals surface area contributed by atoms with Crippen LogP contribution in [0.1, 0.15) is 26.2 Å². The van der Waals surface area contributed by atoms with Crippen LogP contribution in [-0.4, -0.2) is 12.4 Å². The van der Waals surface area contributed by atoms with E-state index in [0.29, 0.717) is 6.42 Å². The molecule has 0 fully saturated rings. The van der Waals surface area contributed by atoms with Crippen LogP contribution in [0.15, 0.2) is 0 Å². The summed E-state index contributed by atoms with van der Waals surface area (Å²) in [5, 5.41) is 0. The van der Waals surface area contributed by atoms with E-state index in [0.717, 1.165) is 12.8 Å². The molecule has 4 heteroatoms. The lowest BCUT2D eigenvalue weighted by atomic mass is 10.2. The highest BCUT2D eigenvalue weighted by Gasteiger charge is 2.00. The molecule has 0 amide bonds. The van der Waals surface area contributed by atoms with Gasteiger partial charge in [-0.25, -0.2) is 4.89 Å². The van der Waals surface area contributed by atoms with Gasteiger partial charge in [0.25, 0.3) is 0 Å². The van der Waals surface area contributed by atoms with Crippen LogP contribution in [0.2, 0.25) is 0 Å². The molecule has 0 aliphatic carbocycles. The molecule has 0 atom stereocenters. The van der Waals surface area contributed by atoms with E-state index in [2.05, 4.69) is 9.33 Å². The number of carbonyl (C=O) groups excluding carboxylic acids is 1. The van der Waals surface area contributed by atoms with Crippen molar-refractivity contribution in [3.8, 4) is 0 Å². The zero-order chi connectivity index (χ0) is 7.82. The summed E-state index contributed by atoms with van der Waals surface area (Å²) >= 11 is 4.71. The molecule has 0 bridgehead atoms. The lowest BCUT2D eigenvalue weighted by Crippen LogP contribution is -2.06. The first-order valence-corrected chi connectivity index (χ1v) is 3.54.